The van der Waals surface area contributed by atoms with Crippen molar-refractivity contribution in [1.29, 1.82) is 0 Å². The molecule has 0 unspecified atom stereocenters. The fourth-order valence-corrected chi connectivity index (χ4v) is 4.38. The van der Waals surface area contributed by atoms with Gasteiger partial charge in [0, 0.05) is 40.9 Å². The average Bonchev–Trinajstić information content (AvgIpc) is 3.46. The molecule has 0 saturated heterocycles. The lowest BCUT2D eigenvalue weighted by Gasteiger charge is -2.07. The van der Waals surface area contributed by atoms with Crippen LogP contribution in [0, 0.1) is 17.0 Å². The highest BCUT2D eigenvalue weighted by Crippen LogP contribution is 2.33. The zero-order chi connectivity index (χ0) is 25.1. The molecule has 2 aromatic heterocycles. The van der Waals surface area contributed by atoms with Crippen molar-refractivity contribution in [2.45, 2.75) is 25.5 Å². The second-order valence-corrected chi connectivity index (χ2v) is 8.88. The molecule has 0 spiro atoms. The predicted molar refractivity (Wildman–Crippen MR) is 133 cm³/mol. The summed E-state index contributed by atoms with van der Waals surface area (Å²) in [6.45, 7) is 4.25. The normalized spacial score (nSPS) is 11.6. The van der Waals surface area contributed by atoms with Gasteiger partial charge in [-0.3, -0.25) is 10.1 Å². The van der Waals surface area contributed by atoms with Gasteiger partial charge in [-0.1, -0.05) is 17.7 Å². The number of carbonyl (C=O) groups is 1. The Hall–Kier alpha value is -3.89. The Morgan fingerprint density at radius 1 is 1.20 bits per heavy atom. The van der Waals surface area contributed by atoms with Gasteiger partial charge in [-0.25, -0.2) is 4.79 Å². The number of aromatic nitrogens is 3. The van der Waals surface area contributed by atoms with Gasteiger partial charge in [0.15, 0.2) is 11.0 Å². The van der Waals surface area contributed by atoms with Gasteiger partial charge in [0.25, 0.3) is 5.69 Å². The van der Waals surface area contributed by atoms with Gasteiger partial charge in [-0.2, -0.15) is 0 Å². The van der Waals surface area contributed by atoms with Gasteiger partial charge in [-0.05, 0) is 67.6 Å². The standard InChI is InChI=1S/C24H19ClN4O5S/c1-3-28-22(15-5-7-16(25)8-6-15)26-27-24(28)35-21(23(30)31)13-18-10-11-20(34-18)19-12-17(29(32)33)9-4-14(19)2/h4-13H,3H2,1-2H3,(H,30,31)/b21-13-. The Bertz CT molecular complexity index is 1440. The minimum Gasteiger partial charge on any atom is -0.477 e. The Morgan fingerprint density at radius 2 is 1.94 bits per heavy atom. The lowest BCUT2D eigenvalue weighted by molar-refractivity contribution is -0.384. The number of aliphatic carboxylic acids is 1. The molecule has 0 radical (unpaired) electrons. The van der Waals surface area contributed by atoms with Crippen LogP contribution in [0.5, 0.6) is 0 Å². The summed E-state index contributed by atoms with van der Waals surface area (Å²) in [5, 5.41) is 30.4. The molecule has 2 aromatic carbocycles. The Balaban J connectivity index is 1.65. The molecule has 0 aliphatic rings. The van der Waals surface area contributed by atoms with Gasteiger partial charge in [0.1, 0.15) is 16.4 Å². The zero-order valence-corrected chi connectivity index (χ0v) is 20.2. The van der Waals surface area contributed by atoms with Crippen molar-refractivity contribution in [2.75, 3.05) is 0 Å². The van der Waals surface area contributed by atoms with Crippen LogP contribution >= 0.6 is 23.4 Å². The molecule has 178 valence electrons. The summed E-state index contributed by atoms with van der Waals surface area (Å²) in [4.78, 5) is 22.6. The average molecular weight is 511 g/mol. The summed E-state index contributed by atoms with van der Waals surface area (Å²) in [5.41, 5.74) is 2.09. The number of hydrogen-bond acceptors (Lipinski definition) is 7. The highest BCUT2D eigenvalue weighted by atomic mass is 35.5. The van der Waals surface area contributed by atoms with Gasteiger partial charge < -0.3 is 14.1 Å². The summed E-state index contributed by atoms with van der Waals surface area (Å²) in [6.07, 6.45) is 1.39. The summed E-state index contributed by atoms with van der Waals surface area (Å²) >= 11 is 6.92. The van der Waals surface area contributed by atoms with Gasteiger partial charge in [-0.15, -0.1) is 10.2 Å². The number of nitrogens with zero attached hydrogens (tertiary/aromatic N) is 4. The van der Waals surface area contributed by atoms with Crippen LogP contribution in [0.1, 0.15) is 18.2 Å². The first-order valence-corrected chi connectivity index (χ1v) is 11.6. The van der Waals surface area contributed by atoms with E-state index in [9.17, 15) is 20.0 Å². The van der Waals surface area contributed by atoms with Crippen LogP contribution in [0.25, 0.3) is 28.8 Å². The van der Waals surface area contributed by atoms with Crippen LogP contribution in [0.2, 0.25) is 5.02 Å². The molecule has 9 nitrogen and oxygen atoms in total. The SMILES string of the molecule is CCn1c(S/C(=C\c2ccc(-c3cc([N+](=O)[O-])ccc3C)o2)C(=O)O)nnc1-c1ccc(Cl)cc1. The first-order valence-electron chi connectivity index (χ1n) is 10.4. The van der Waals surface area contributed by atoms with Crippen LogP contribution in [0.4, 0.5) is 5.69 Å². The molecule has 4 rings (SSSR count). The van der Waals surface area contributed by atoms with Crippen molar-refractivity contribution in [3.05, 3.63) is 86.0 Å². The van der Waals surface area contributed by atoms with E-state index in [1.807, 2.05) is 30.5 Å². The van der Waals surface area contributed by atoms with E-state index in [-0.39, 0.29) is 16.4 Å². The number of carboxylic acids is 1. The van der Waals surface area contributed by atoms with Crippen LogP contribution in [0.15, 0.2) is 69.1 Å². The maximum Gasteiger partial charge on any atom is 0.342 e. The third-order valence-electron chi connectivity index (χ3n) is 5.15. The number of hydrogen-bond donors (Lipinski definition) is 1. The second-order valence-electron chi connectivity index (χ2n) is 7.43. The largest absolute Gasteiger partial charge is 0.477 e. The first-order chi connectivity index (χ1) is 16.8. The molecular formula is C24H19ClN4O5S. The molecule has 0 bridgehead atoms. The van der Waals surface area contributed by atoms with Crippen molar-refractivity contribution >= 4 is 41.1 Å². The van der Waals surface area contributed by atoms with E-state index in [4.69, 9.17) is 16.0 Å². The fraction of sp³-hybridized carbons (Fsp3) is 0.125. The minimum absolute atomic E-state index is 0.0218. The number of nitro benzene ring substituents is 1. The summed E-state index contributed by atoms with van der Waals surface area (Å²) < 4.78 is 7.63. The van der Waals surface area contributed by atoms with Gasteiger partial charge in [0.2, 0.25) is 0 Å². The molecule has 0 aliphatic heterocycles. The Labute approximate surface area is 209 Å². The molecule has 2 heterocycles. The predicted octanol–water partition coefficient (Wildman–Crippen LogP) is 6.31. The summed E-state index contributed by atoms with van der Waals surface area (Å²) in [5.74, 6) is 0.126. The van der Waals surface area contributed by atoms with Crippen molar-refractivity contribution < 1.29 is 19.2 Å². The number of carboxylic acid groups (broad SMARTS) is 1. The van der Waals surface area contributed by atoms with Gasteiger partial charge in [0.05, 0.1) is 4.92 Å². The summed E-state index contributed by atoms with van der Waals surface area (Å²) in [6, 6.07) is 14.9. The van der Waals surface area contributed by atoms with E-state index < -0.39 is 10.9 Å². The Morgan fingerprint density at radius 3 is 2.60 bits per heavy atom. The molecule has 0 aliphatic carbocycles. The molecule has 35 heavy (non-hydrogen) atoms. The van der Waals surface area contributed by atoms with Crippen LogP contribution in [-0.2, 0) is 11.3 Å². The third kappa shape index (κ3) is 5.28. The molecule has 4 aromatic rings. The zero-order valence-electron chi connectivity index (χ0n) is 18.6. The number of benzene rings is 2. The highest BCUT2D eigenvalue weighted by Gasteiger charge is 2.19. The van der Waals surface area contributed by atoms with E-state index in [2.05, 4.69) is 10.2 Å². The van der Waals surface area contributed by atoms with Crippen molar-refractivity contribution in [2.24, 2.45) is 0 Å². The molecule has 0 fully saturated rings. The molecule has 1 N–H and O–H groups in total. The third-order valence-corrected chi connectivity index (χ3v) is 6.39. The van der Waals surface area contributed by atoms with E-state index in [0.717, 1.165) is 22.9 Å². The Kier molecular flexibility index (Phi) is 7.04. The molecular weight excluding hydrogens is 492 g/mol. The number of non-ortho nitro benzene ring substituents is 1. The van der Waals surface area contributed by atoms with Gasteiger partial charge >= 0.3 is 5.97 Å². The van der Waals surface area contributed by atoms with Crippen molar-refractivity contribution in [3.63, 3.8) is 0 Å². The van der Waals surface area contributed by atoms with Crippen LogP contribution < -0.4 is 0 Å². The molecule has 0 atom stereocenters. The lowest BCUT2D eigenvalue weighted by atomic mass is 10.1. The lowest BCUT2D eigenvalue weighted by Crippen LogP contribution is -2.02. The maximum absolute atomic E-state index is 12.0. The quantitative estimate of drug-likeness (QED) is 0.126. The first kappa shape index (κ1) is 24.2. The monoisotopic (exact) mass is 510 g/mol. The number of thioether (sulfide) groups is 1. The van der Waals surface area contributed by atoms with Crippen LogP contribution in [-0.4, -0.2) is 30.8 Å². The van der Waals surface area contributed by atoms with E-state index in [1.165, 1.54) is 18.2 Å². The molecule has 11 heteroatoms. The number of halogens is 1. The highest BCUT2D eigenvalue weighted by molar-refractivity contribution is 8.04. The summed E-state index contributed by atoms with van der Waals surface area (Å²) in [7, 11) is 0. The van der Waals surface area contributed by atoms with Crippen molar-refractivity contribution in [3.8, 4) is 22.7 Å². The number of aryl methyl sites for hydroxylation is 1. The number of furan rings is 1. The van der Waals surface area contributed by atoms with E-state index >= 15 is 0 Å². The van der Waals surface area contributed by atoms with Crippen LogP contribution in [0.3, 0.4) is 0 Å². The van der Waals surface area contributed by atoms with E-state index in [0.29, 0.717) is 33.9 Å². The maximum atomic E-state index is 12.0. The van der Waals surface area contributed by atoms with E-state index in [1.54, 1.807) is 30.3 Å². The number of nitro groups is 1. The topological polar surface area (TPSA) is 124 Å². The molecule has 0 saturated carbocycles. The number of rotatable bonds is 8. The second kappa shape index (κ2) is 10.2. The smallest absolute Gasteiger partial charge is 0.342 e. The fourth-order valence-electron chi connectivity index (χ4n) is 3.39. The molecule has 0 amide bonds. The van der Waals surface area contributed by atoms with Crippen molar-refractivity contribution in [1.82, 2.24) is 14.8 Å². The minimum atomic E-state index is -1.15.